The van der Waals surface area contributed by atoms with E-state index < -0.39 is 0 Å². The van der Waals surface area contributed by atoms with Crippen molar-refractivity contribution in [3.05, 3.63) is 42.2 Å². The smallest absolute Gasteiger partial charge is 0.317 e. The van der Waals surface area contributed by atoms with E-state index in [1.807, 2.05) is 31.4 Å². The minimum atomic E-state index is -0.0380. The lowest BCUT2D eigenvalue weighted by molar-refractivity contribution is 0.199. The quantitative estimate of drug-likeness (QED) is 0.849. The highest BCUT2D eigenvalue weighted by Crippen LogP contribution is 2.18. The van der Waals surface area contributed by atoms with Gasteiger partial charge in [0.05, 0.1) is 0 Å². The number of aromatic nitrogens is 1. The lowest BCUT2D eigenvalue weighted by atomic mass is 10.1. The molecule has 0 aliphatic rings. The third-order valence-corrected chi connectivity index (χ3v) is 4.37. The molecule has 130 valence electrons. The van der Waals surface area contributed by atoms with Gasteiger partial charge in [0.2, 0.25) is 0 Å². The van der Waals surface area contributed by atoms with Gasteiger partial charge in [-0.2, -0.15) is 0 Å². The van der Waals surface area contributed by atoms with Gasteiger partial charge < -0.3 is 15.1 Å². The van der Waals surface area contributed by atoms with E-state index in [0.717, 1.165) is 29.2 Å². The molecule has 1 aromatic heterocycles. The first-order valence-corrected chi connectivity index (χ1v) is 8.50. The van der Waals surface area contributed by atoms with E-state index in [4.69, 9.17) is 0 Å². The van der Waals surface area contributed by atoms with Crippen LogP contribution in [0.3, 0.4) is 0 Å². The number of nitrogens with zero attached hydrogens (tertiary/aromatic N) is 3. The summed E-state index contributed by atoms with van der Waals surface area (Å²) in [5.41, 5.74) is 1.13. The number of hydrogen-bond acceptors (Lipinski definition) is 3. The van der Waals surface area contributed by atoms with Crippen LogP contribution in [0, 0.1) is 0 Å². The molecule has 1 heterocycles. The molecule has 1 aromatic carbocycles. The van der Waals surface area contributed by atoms with Gasteiger partial charge in [0.1, 0.15) is 0 Å². The molecule has 2 amide bonds. The van der Waals surface area contributed by atoms with Crippen LogP contribution >= 0.6 is 0 Å². The second-order valence-electron chi connectivity index (χ2n) is 6.46. The van der Waals surface area contributed by atoms with E-state index in [2.05, 4.69) is 42.3 Å². The minimum Gasteiger partial charge on any atom is -0.336 e. The van der Waals surface area contributed by atoms with Crippen molar-refractivity contribution in [2.45, 2.75) is 32.4 Å². The highest BCUT2D eigenvalue weighted by Gasteiger charge is 2.15. The third kappa shape index (κ3) is 4.68. The lowest BCUT2D eigenvalue weighted by Gasteiger charge is -2.26. The van der Waals surface area contributed by atoms with E-state index in [1.54, 1.807) is 11.1 Å². The molecule has 0 bridgehead atoms. The molecule has 24 heavy (non-hydrogen) atoms. The highest BCUT2D eigenvalue weighted by molar-refractivity contribution is 5.85. The molecule has 0 saturated carbocycles. The molecule has 1 N–H and O–H groups in total. The molecule has 0 aliphatic carbocycles. The fourth-order valence-electron chi connectivity index (χ4n) is 2.87. The zero-order valence-corrected chi connectivity index (χ0v) is 15.1. The molecule has 0 unspecified atom stereocenters. The van der Waals surface area contributed by atoms with Gasteiger partial charge in [0.15, 0.2) is 0 Å². The number of hydrogen-bond donors (Lipinski definition) is 1. The van der Waals surface area contributed by atoms with E-state index in [9.17, 15) is 4.79 Å². The van der Waals surface area contributed by atoms with Crippen molar-refractivity contribution in [3.8, 4) is 0 Å². The predicted octanol–water partition coefficient (Wildman–Crippen LogP) is 3.11. The Morgan fingerprint density at radius 2 is 2.04 bits per heavy atom. The average molecular weight is 328 g/mol. The Bertz CT molecular complexity index is 666. The van der Waals surface area contributed by atoms with Crippen molar-refractivity contribution in [2.24, 2.45) is 0 Å². The summed E-state index contributed by atoms with van der Waals surface area (Å²) >= 11 is 0. The Balaban J connectivity index is 1.98. The number of carbonyl (C=O) groups is 1. The molecule has 0 aliphatic heterocycles. The molecular weight excluding hydrogens is 300 g/mol. The Hall–Kier alpha value is -2.14. The second kappa shape index (κ2) is 8.64. The van der Waals surface area contributed by atoms with Gasteiger partial charge in [0.25, 0.3) is 0 Å². The fourth-order valence-corrected chi connectivity index (χ4v) is 2.87. The molecular formula is C19H28N4O. The Morgan fingerprint density at radius 1 is 1.25 bits per heavy atom. The van der Waals surface area contributed by atoms with Crippen LogP contribution in [-0.2, 0) is 6.54 Å². The summed E-state index contributed by atoms with van der Waals surface area (Å²) in [5.74, 6) is 0. The normalized spacial score (nSPS) is 12.4. The standard InChI is InChI=1S/C19H28N4O/c1-5-7-17(22(2)3)13-21-19(24)23(4)14-16-9-6-8-15-12-20-11-10-18(15)16/h6,8-12,17H,5,7,13-14H2,1-4H3,(H,21,24)/t17-/m0/s1. The van der Waals surface area contributed by atoms with Gasteiger partial charge in [-0.05, 0) is 37.5 Å². The van der Waals surface area contributed by atoms with E-state index in [0.29, 0.717) is 19.1 Å². The fraction of sp³-hybridized carbons (Fsp3) is 0.474. The molecule has 0 saturated heterocycles. The Labute approximate surface area is 144 Å². The zero-order valence-electron chi connectivity index (χ0n) is 15.1. The van der Waals surface area contributed by atoms with Crippen LogP contribution in [0.4, 0.5) is 4.79 Å². The number of fused-ring (bicyclic) bond motifs is 1. The Kier molecular flexibility index (Phi) is 6.55. The number of carbonyl (C=O) groups excluding carboxylic acids is 1. The first-order chi connectivity index (χ1) is 11.5. The number of rotatable bonds is 7. The summed E-state index contributed by atoms with van der Waals surface area (Å²) in [4.78, 5) is 20.5. The van der Waals surface area contributed by atoms with Crippen molar-refractivity contribution >= 4 is 16.8 Å². The molecule has 0 spiro atoms. The summed E-state index contributed by atoms with van der Waals surface area (Å²) < 4.78 is 0. The number of amides is 2. The maximum Gasteiger partial charge on any atom is 0.317 e. The average Bonchev–Trinajstić information content (AvgIpc) is 2.58. The van der Waals surface area contributed by atoms with Gasteiger partial charge in [-0.3, -0.25) is 4.98 Å². The number of benzene rings is 1. The summed E-state index contributed by atoms with van der Waals surface area (Å²) in [5, 5.41) is 5.29. The van der Waals surface area contributed by atoms with Crippen molar-refractivity contribution in [3.63, 3.8) is 0 Å². The minimum absolute atomic E-state index is 0.0380. The van der Waals surface area contributed by atoms with Crippen LogP contribution in [0.15, 0.2) is 36.7 Å². The SMILES string of the molecule is CCC[C@@H](CNC(=O)N(C)Cc1cccc2cnccc12)N(C)C. The molecule has 2 rings (SSSR count). The molecule has 0 radical (unpaired) electrons. The number of urea groups is 1. The zero-order chi connectivity index (χ0) is 17.5. The molecule has 5 nitrogen and oxygen atoms in total. The van der Waals surface area contributed by atoms with E-state index >= 15 is 0 Å². The predicted molar refractivity (Wildman–Crippen MR) is 99.0 cm³/mol. The van der Waals surface area contributed by atoms with Gasteiger partial charge >= 0.3 is 6.03 Å². The first kappa shape index (κ1) is 18.2. The van der Waals surface area contributed by atoms with Crippen LogP contribution in [0.5, 0.6) is 0 Å². The van der Waals surface area contributed by atoms with Crippen LogP contribution in [0.1, 0.15) is 25.3 Å². The summed E-state index contributed by atoms with van der Waals surface area (Å²) in [6.07, 6.45) is 5.83. The number of pyridine rings is 1. The van der Waals surface area contributed by atoms with E-state index in [1.165, 1.54) is 0 Å². The Morgan fingerprint density at radius 3 is 2.75 bits per heavy atom. The first-order valence-electron chi connectivity index (χ1n) is 8.50. The van der Waals surface area contributed by atoms with Gasteiger partial charge in [-0.25, -0.2) is 4.79 Å². The number of nitrogens with one attached hydrogen (secondary N) is 1. The molecule has 2 aromatic rings. The van der Waals surface area contributed by atoms with Gasteiger partial charge in [-0.1, -0.05) is 31.5 Å². The van der Waals surface area contributed by atoms with Crippen molar-refractivity contribution in [1.29, 1.82) is 0 Å². The third-order valence-electron chi connectivity index (χ3n) is 4.37. The second-order valence-corrected chi connectivity index (χ2v) is 6.46. The maximum atomic E-state index is 12.4. The lowest BCUT2D eigenvalue weighted by Crippen LogP contribution is -2.44. The van der Waals surface area contributed by atoms with Crippen LogP contribution in [0.25, 0.3) is 10.8 Å². The monoisotopic (exact) mass is 328 g/mol. The van der Waals surface area contributed by atoms with Crippen molar-refractivity contribution < 1.29 is 4.79 Å². The summed E-state index contributed by atoms with van der Waals surface area (Å²) in [6, 6.07) is 8.44. The number of likely N-dealkylation sites (N-methyl/N-ethyl adjacent to an activating group) is 1. The highest BCUT2D eigenvalue weighted by atomic mass is 16.2. The van der Waals surface area contributed by atoms with Crippen LogP contribution in [0.2, 0.25) is 0 Å². The van der Waals surface area contributed by atoms with Crippen LogP contribution < -0.4 is 5.32 Å². The molecule has 1 atom stereocenters. The van der Waals surface area contributed by atoms with Crippen molar-refractivity contribution in [2.75, 3.05) is 27.7 Å². The van der Waals surface area contributed by atoms with Gasteiger partial charge in [0, 0.05) is 44.0 Å². The topological polar surface area (TPSA) is 48.5 Å². The largest absolute Gasteiger partial charge is 0.336 e. The molecule has 5 heteroatoms. The van der Waals surface area contributed by atoms with Crippen molar-refractivity contribution in [1.82, 2.24) is 20.1 Å². The van der Waals surface area contributed by atoms with Gasteiger partial charge in [-0.15, -0.1) is 0 Å². The molecule has 0 fully saturated rings. The van der Waals surface area contributed by atoms with Crippen LogP contribution in [-0.4, -0.2) is 54.5 Å². The summed E-state index contributed by atoms with van der Waals surface area (Å²) in [6.45, 7) is 3.41. The maximum absolute atomic E-state index is 12.4. The summed E-state index contributed by atoms with van der Waals surface area (Å²) in [7, 11) is 5.94. The van der Waals surface area contributed by atoms with E-state index in [-0.39, 0.29) is 6.03 Å².